The monoisotopic (exact) mass is 275 g/mol. The van der Waals surface area contributed by atoms with Crippen molar-refractivity contribution in [3.8, 4) is 5.75 Å². The van der Waals surface area contributed by atoms with Gasteiger partial charge < -0.3 is 9.84 Å². The van der Waals surface area contributed by atoms with Crippen LogP contribution >= 0.6 is 0 Å². The molecule has 1 N–H and O–H groups in total. The van der Waals surface area contributed by atoms with E-state index >= 15 is 0 Å². The molecule has 0 saturated carbocycles. The number of carboxylic acid groups (broad SMARTS) is 1. The van der Waals surface area contributed by atoms with Crippen molar-refractivity contribution in [2.24, 2.45) is 0 Å². The van der Waals surface area contributed by atoms with Gasteiger partial charge in [0, 0.05) is 6.07 Å². The molecule has 0 unspecified atom stereocenters. The van der Waals surface area contributed by atoms with Crippen molar-refractivity contribution in [3.63, 3.8) is 0 Å². The van der Waals surface area contributed by atoms with E-state index in [1.165, 1.54) is 0 Å². The smallest absolute Gasteiger partial charge is 0.477 e. The summed E-state index contributed by atoms with van der Waals surface area (Å²) in [5.74, 6) is -5.64. The molecule has 0 atom stereocenters. The predicted octanol–water partition coefficient (Wildman–Crippen LogP) is 2.76. The molecular formula is C8H3F6NO3. The Balaban J connectivity index is 3.36. The number of alkyl halides is 5. The number of halogens is 6. The third-order valence-electron chi connectivity index (χ3n) is 1.60. The summed E-state index contributed by atoms with van der Waals surface area (Å²) in [5.41, 5.74) is -2.92. The summed E-state index contributed by atoms with van der Waals surface area (Å²) in [4.78, 5) is 13.1. The summed E-state index contributed by atoms with van der Waals surface area (Å²) in [6, 6.07) is 0.0665. The van der Waals surface area contributed by atoms with Crippen molar-refractivity contribution in [1.29, 1.82) is 0 Å². The van der Waals surface area contributed by atoms with Crippen molar-refractivity contribution in [1.82, 2.24) is 4.98 Å². The molecule has 1 aromatic rings. The molecule has 0 fully saturated rings. The normalized spacial score (nSPS) is 11.7. The van der Waals surface area contributed by atoms with E-state index in [4.69, 9.17) is 5.11 Å². The van der Waals surface area contributed by atoms with Gasteiger partial charge in [-0.1, -0.05) is 0 Å². The van der Waals surface area contributed by atoms with E-state index in [0.29, 0.717) is 0 Å². The van der Waals surface area contributed by atoms with Gasteiger partial charge >= 0.3 is 12.3 Å². The first-order chi connectivity index (χ1) is 8.11. The molecule has 1 aromatic heterocycles. The number of nitrogens with zero attached hydrogens (tertiary/aromatic N) is 1. The summed E-state index contributed by atoms with van der Waals surface area (Å²) >= 11 is 0. The Kier molecular flexibility index (Phi) is 3.67. The van der Waals surface area contributed by atoms with Gasteiger partial charge in [-0.15, -0.1) is 13.2 Å². The van der Waals surface area contributed by atoms with Crippen LogP contribution in [0.2, 0.25) is 0 Å². The molecular weight excluding hydrogens is 272 g/mol. The van der Waals surface area contributed by atoms with E-state index in [-0.39, 0.29) is 6.07 Å². The fraction of sp³-hybridized carbons (Fsp3) is 0.250. The van der Waals surface area contributed by atoms with E-state index in [9.17, 15) is 31.1 Å². The zero-order valence-electron chi connectivity index (χ0n) is 8.13. The molecule has 4 nitrogen and oxygen atoms in total. The Morgan fingerprint density at radius 1 is 1.39 bits per heavy atom. The third kappa shape index (κ3) is 3.25. The Morgan fingerprint density at radius 2 is 1.94 bits per heavy atom. The van der Waals surface area contributed by atoms with Crippen molar-refractivity contribution >= 4 is 5.97 Å². The van der Waals surface area contributed by atoms with Crippen molar-refractivity contribution in [3.05, 3.63) is 23.3 Å². The Hall–Kier alpha value is -2.00. The molecule has 0 aromatic carbocycles. The summed E-state index contributed by atoms with van der Waals surface area (Å²) in [6.45, 7) is 0. The van der Waals surface area contributed by atoms with E-state index in [1.54, 1.807) is 0 Å². The number of rotatable bonds is 3. The molecule has 0 saturated heterocycles. The highest BCUT2D eigenvalue weighted by Crippen LogP contribution is 2.31. The average molecular weight is 275 g/mol. The zero-order chi connectivity index (χ0) is 14.1. The second kappa shape index (κ2) is 4.70. The lowest BCUT2D eigenvalue weighted by Crippen LogP contribution is -2.19. The van der Waals surface area contributed by atoms with Crippen LogP contribution in [0.3, 0.4) is 0 Å². The van der Waals surface area contributed by atoms with Crippen molar-refractivity contribution in [2.75, 3.05) is 0 Å². The molecule has 0 aliphatic heterocycles. The number of aromatic nitrogens is 1. The fourth-order valence-corrected chi connectivity index (χ4v) is 0.978. The number of pyridine rings is 1. The topological polar surface area (TPSA) is 59.4 Å². The number of carbonyl (C=O) groups is 1. The second-order valence-electron chi connectivity index (χ2n) is 2.86. The molecule has 0 bridgehead atoms. The molecule has 10 heteroatoms. The second-order valence-corrected chi connectivity index (χ2v) is 2.86. The van der Waals surface area contributed by atoms with Gasteiger partial charge in [0.05, 0.1) is 0 Å². The van der Waals surface area contributed by atoms with E-state index in [0.717, 1.165) is 0 Å². The largest absolute Gasteiger partial charge is 0.573 e. The summed E-state index contributed by atoms with van der Waals surface area (Å²) in [7, 11) is 0. The van der Waals surface area contributed by atoms with Crippen LogP contribution < -0.4 is 4.74 Å². The highest BCUT2D eigenvalue weighted by molar-refractivity contribution is 5.85. The summed E-state index contributed by atoms with van der Waals surface area (Å²) in [5, 5.41) is 8.44. The zero-order valence-corrected chi connectivity index (χ0v) is 8.13. The standard InChI is InChI=1S/C8H3F6NO3/c9-4-3(18-8(12,13)14)1-2(7(16)17)15-5(4)6(10)11/h1,6H,(H,16,17). The highest BCUT2D eigenvalue weighted by atomic mass is 19.4. The van der Waals surface area contributed by atoms with Gasteiger partial charge in [-0.3, -0.25) is 0 Å². The van der Waals surface area contributed by atoms with Crippen LogP contribution in [0.5, 0.6) is 5.75 Å². The van der Waals surface area contributed by atoms with Crippen molar-refractivity contribution < 1.29 is 41.0 Å². The predicted molar refractivity (Wildman–Crippen MR) is 42.8 cm³/mol. The number of hydrogen-bond acceptors (Lipinski definition) is 3. The fourth-order valence-electron chi connectivity index (χ4n) is 0.978. The summed E-state index contributed by atoms with van der Waals surface area (Å²) in [6.07, 6.45) is -8.93. The van der Waals surface area contributed by atoms with Crippen LogP contribution in [-0.4, -0.2) is 22.4 Å². The molecule has 100 valence electrons. The average Bonchev–Trinajstić information content (AvgIpc) is 2.18. The van der Waals surface area contributed by atoms with Crippen LogP contribution in [0.4, 0.5) is 26.3 Å². The van der Waals surface area contributed by atoms with Crippen LogP contribution in [0.15, 0.2) is 6.07 Å². The lowest BCUT2D eigenvalue weighted by Gasteiger charge is -2.12. The number of carboxylic acids is 1. The lowest BCUT2D eigenvalue weighted by molar-refractivity contribution is -0.275. The van der Waals surface area contributed by atoms with Crippen LogP contribution in [-0.2, 0) is 0 Å². The van der Waals surface area contributed by atoms with Crippen LogP contribution in [0.1, 0.15) is 22.6 Å². The SMILES string of the molecule is O=C(O)c1cc(OC(F)(F)F)c(F)c(C(F)F)n1. The lowest BCUT2D eigenvalue weighted by atomic mass is 10.2. The molecule has 18 heavy (non-hydrogen) atoms. The minimum Gasteiger partial charge on any atom is -0.477 e. The van der Waals surface area contributed by atoms with Gasteiger partial charge in [-0.25, -0.2) is 22.9 Å². The summed E-state index contributed by atoms with van der Waals surface area (Å²) < 4.78 is 76.3. The Labute approximate surface area is 94.8 Å². The van der Waals surface area contributed by atoms with E-state index < -0.39 is 41.7 Å². The molecule has 0 aliphatic rings. The Bertz CT molecular complexity index is 473. The van der Waals surface area contributed by atoms with Gasteiger partial charge in [-0.2, -0.15) is 0 Å². The van der Waals surface area contributed by atoms with Gasteiger partial charge in [0.15, 0.2) is 17.3 Å². The van der Waals surface area contributed by atoms with Crippen LogP contribution in [0.25, 0.3) is 0 Å². The number of aromatic carboxylic acids is 1. The molecule has 0 radical (unpaired) electrons. The first-order valence-corrected chi connectivity index (χ1v) is 4.09. The molecule has 1 heterocycles. The maximum absolute atomic E-state index is 13.1. The molecule has 1 rings (SSSR count). The van der Waals surface area contributed by atoms with Gasteiger partial charge in [0.25, 0.3) is 6.43 Å². The van der Waals surface area contributed by atoms with Crippen LogP contribution in [0, 0.1) is 5.82 Å². The Morgan fingerprint density at radius 3 is 2.33 bits per heavy atom. The molecule has 0 amide bonds. The van der Waals surface area contributed by atoms with E-state index in [1.807, 2.05) is 0 Å². The molecule has 0 aliphatic carbocycles. The number of hydrogen-bond donors (Lipinski definition) is 1. The molecule has 0 spiro atoms. The van der Waals surface area contributed by atoms with E-state index in [2.05, 4.69) is 9.72 Å². The maximum Gasteiger partial charge on any atom is 0.573 e. The first-order valence-electron chi connectivity index (χ1n) is 4.09. The first kappa shape index (κ1) is 14.1. The maximum atomic E-state index is 13.1. The third-order valence-corrected chi connectivity index (χ3v) is 1.60. The van der Waals surface area contributed by atoms with Gasteiger partial charge in [-0.05, 0) is 0 Å². The quantitative estimate of drug-likeness (QED) is 0.862. The van der Waals surface area contributed by atoms with Gasteiger partial charge in [0.1, 0.15) is 5.69 Å². The van der Waals surface area contributed by atoms with Gasteiger partial charge in [0.2, 0.25) is 0 Å². The minimum absolute atomic E-state index is 0.0665. The minimum atomic E-state index is -5.35. The number of ether oxygens (including phenoxy) is 1. The van der Waals surface area contributed by atoms with Crippen molar-refractivity contribution in [2.45, 2.75) is 12.8 Å². The highest BCUT2D eigenvalue weighted by Gasteiger charge is 2.34.